The van der Waals surface area contributed by atoms with Gasteiger partial charge in [-0.25, -0.2) is 0 Å². The second-order valence-electron chi connectivity index (χ2n) is 5.70. The number of aromatic nitrogens is 3. The summed E-state index contributed by atoms with van der Waals surface area (Å²) in [5, 5.41) is 25.4. The molecule has 5 nitrogen and oxygen atoms in total. The van der Waals surface area contributed by atoms with Gasteiger partial charge in [0.1, 0.15) is 12.1 Å². The highest BCUT2D eigenvalue weighted by molar-refractivity contribution is 7.98. The Bertz CT molecular complexity index is 1060. The molecule has 1 heterocycles. The summed E-state index contributed by atoms with van der Waals surface area (Å²) >= 11 is 1.56. The summed E-state index contributed by atoms with van der Waals surface area (Å²) in [7, 11) is 0. The van der Waals surface area contributed by atoms with Crippen molar-refractivity contribution in [2.75, 3.05) is 0 Å². The average molecular weight is 360 g/mol. The zero-order valence-electron chi connectivity index (χ0n) is 13.9. The third kappa shape index (κ3) is 3.45. The number of phenols is 1. The molecule has 0 aliphatic rings. The Morgan fingerprint density at radius 1 is 1.00 bits per heavy atom. The first kappa shape index (κ1) is 16.4. The van der Waals surface area contributed by atoms with Crippen molar-refractivity contribution in [3.63, 3.8) is 0 Å². The number of thioether (sulfide) groups is 1. The largest absolute Gasteiger partial charge is 0.507 e. The van der Waals surface area contributed by atoms with Gasteiger partial charge in [-0.15, -0.1) is 10.2 Å². The summed E-state index contributed by atoms with van der Waals surface area (Å²) in [4.78, 5) is 0. The summed E-state index contributed by atoms with van der Waals surface area (Å²) in [5.41, 5.74) is 1.89. The molecule has 0 radical (unpaired) electrons. The molecule has 0 spiro atoms. The van der Waals surface area contributed by atoms with Crippen LogP contribution in [-0.4, -0.2) is 26.2 Å². The first-order valence-corrected chi connectivity index (χ1v) is 9.11. The standard InChI is InChI=1S/C20H16N4OS/c25-19-11-10-16-8-4-5-9-17(16)18(19)12-22-24-14-21-23-20(24)26-13-15-6-2-1-3-7-15/h1-12,14,25H,13H2/b22-12-. The summed E-state index contributed by atoms with van der Waals surface area (Å²) in [5.74, 6) is 0.980. The Kier molecular flexibility index (Phi) is 4.66. The summed E-state index contributed by atoms with van der Waals surface area (Å²) in [6, 6.07) is 21.6. The Labute approximate surface area is 155 Å². The maximum absolute atomic E-state index is 10.2. The van der Waals surface area contributed by atoms with E-state index in [4.69, 9.17) is 0 Å². The number of benzene rings is 3. The zero-order valence-corrected chi connectivity index (χ0v) is 14.7. The molecule has 0 saturated carbocycles. The monoisotopic (exact) mass is 360 g/mol. The van der Waals surface area contributed by atoms with Crippen LogP contribution in [0.4, 0.5) is 0 Å². The van der Waals surface area contributed by atoms with Crippen molar-refractivity contribution in [1.29, 1.82) is 0 Å². The molecule has 0 unspecified atom stereocenters. The van der Waals surface area contributed by atoms with Crippen LogP contribution >= 0.6 is 11.8 Å². The van der Waals surface area contributed by atoms with Crippen molar-refractivity contribution in [2.45, 2.75) is 10.9 Å². The van der Waals surface area contributed by atoms with E-state index in [1.807, 2.05) is 48.5 Å². The molecule has 6 heteroatoms. The van der Waals surface area contributed by atoms with Crippen LogP contribution in [0, 0.1) is 0 Å². The van der Waals surface area contributed by atoms with E-state index in [0.29, 0.717) is 10.7 Å². The lowest BCUT2D eigenvalue weighted by molar-refractivity contribution is 0.475. The molecule has 0 aliphatic carbocycles. The number of rotatable bonds is 5. The van der Waals surface area contributed by atoms with E-state index >= 15 is 0 Å². The van der Waals surface area contributed by atoms with Crippen LogP contribution < -0.4 is 0 Å². The molecule has 0 fully saturated rings. The maximum Gasteiger partial charge on any atom is 0.212 e. The number of nitrogens with zero attached hydrogens (tertiary/aromatic N) is 4. The number of phenolic OH excluding ortho intramolecular Hbond substituents is 1. The molecule has 4 rings (SSSR count). The first-order chi connectivity index (χ1) is 12.8. The molecule has 0 bridgehead atoms. The van der Waals surface area contributed by atoms with Gasteiger partial charge in [0.2, 0.25) is 5.16 Å². The zero-order chi connectivity index (χ0) is 17.8. The van der Waals surface area contributed by atoms with Gasteiger partial charge in [-0.3, -0.25) is 0 Å². The van der Waals surface area contributed by atoms with Crippen molar-refractivity contribution in [3.8, 4) is 5.75 Å². The van der Waals surface area contributed by atoms with Crippen molar-refractivity contribution in [1.82, 2.24) is 14.9 Å². The molecule has 3 aromatic carbocycles. The minimum absolute atomic E-state index is 0.194. The topological polar surface area (TPSA) is 63.3 Å². The van der Waals surface area contributed by atoms with Crippen LogP contribution in [0.25, 0.3) is 10.8 Å². The fourth-order valence-corrected chi connectivity index (χ4v) is 3.48. The van der Waals surface area contributed by atoms with Crippen LogP contribution in [0.1, 0.15) is 11.1 Å². The fraction of sp³-hybridized carbons (Fsp3) is 0.0500. The average Bonchev–Trinajstić information content (AvgIpc) is 3.14. The molecule has 1 aromatic heterocycles. The Balaban J connectivity index is 1.59. The quantitative estimate of drug-likeness (QED) is 0.425. The van der Waals surface area contributed by atoms with Gasteiger partial charge in [-0.05, 0) is 22.4 Å². The van der Waals surface area contributed by atoms with E-state index in [9.17, 15) is 5.11 Å². The minimum Gasteiger partial charge on any atom is -0.507 e. The molecule has 26 heavy (non-hydrogen) atoms. The van der Waals surface area contributed by atoms with Gasteiger partial charge in [-0.1, -0.05) is 72.4 Å². The summed E-state index contributed by atoms with van der Waals surface area (Å²) in [6.07, 6.45) is 3.21. The molecule has 0 aliphatic heterocycles. The Morgan fingerprint density at radius 3 is 2.69 bits per heavy atom. The van der Waals surface area contributed by atoms with Crippen LogP contribution in [0.5, 0.6) is 5.75 Å². The van der Waals surface area contributed by atoms with Gasteiger partial charge in [0, 0.05) is 11.3 Å². The highest BCUT2D eigenvalue weighted by Crippen LogP contribution is 2.26. The van der Waals surface area contributed by atoms with Crippen LogP contribution in [0.3, 0.4) is 0 Å². The highest BCUT2D eigenvalue weighted by Gasteiger charge is 2.07. The van der Waals surface area contributed by atoms with E-state index in [0.717, 1.165) is 16.5 Å². The molecular formula is C20H16N4OS. The number of fused-ring (bicyclic) bond motifs is 1. The predicted molar refractivity (Wildman–Crippen MR) is 105 cm³/mol. The number of hydrogen-bond acceptors (Lipinski definition) is 5. The van der Waals surface area contributed by atoms with Gasteiger partial charge in [0.15, 0.2) is 0 Å². The first-order valence-electron chi connectivity index (χ1n) is 8.13. The van der Waals surface area contributed by atoms with Gasteiger partial charge >= 0.3 is 0 Å². The van der Waals surface area contributed by atoms with Crippen LogP contribution in [0.15, 0.2) is 83.3 Å². The molecule has 0 amide bonds. The van der Waals surface area contributed by atoms with Crippen molar-refractivity contribution < 1.29 is 5.11 Å². The van der Waals surface area contributed by atoms with E-state index in [-0.39, 0.29) is 5.75 Å². The SMILES string of the molecule is Oc1ccc2ccccc2c1/C=N\n1cnnc1SCc1ccccc1. The number of hydrogen-bond donors (Lipinski definition) is 1. The Hall–Kier alpha value is -3.12. The second kappa shape index (κ2) is 7.41. The summed E-state index contributed by atoms with van der Waals surface area (Å²) in [6.45, 7) is 0. The molecular weight excluding hydrogens is 344 g/mol. The predicted octanol–water partition coefficient (Wildman–Crippen LogP) is 4.31. The van der Waals surface area contributed by atoms with Crippen molar-refractivity contribution in [3.05, 3.63) is 84.2 Å². The number of aromatic hydroxyl groups is 1. The van der Waals surface area contributed by atoms with Gasteiger partial charge in [-0.2, -0.15) is 9.78 Å². The highest BCUT2D eigenvalue weighted by atomic mass is 32.2. The Morgan fingerprint density at radius 2 is 1.81 bits per heavy atom. The van der Waals surface area contributed by atoms with Gasteiger partial charge in [0.05, 0.1) is 6.21 Å². The molecule has 0 saturated heterocycles. The molecule has 0 atom stereocenters. The maximum atomic E-state index is 10.2. The minimum atomic E-state index is 0.194. The van der Waals surface area contributed by atoms with E-state index in [2.05, 4.69) is 27.4 Å². The van der Waals surface area contributed by atoms with E-state index < -0.39 is 0 Å². The van der Waals surface area contributed by atoms with E-state index in [1.165, 1.54) is 5.56 Å². The van der Waals surface area contributed by atoms with Crippen LogP contribution in [0.2, 0.25) is 0 Å². The summed E-state index contributed by atoms with van der Waals surface area (Å²) < 4.78 is 1.62. The lowest BCUT2D eigenvalue weighted by Gasteiger charge is -2.05. The van der Waals surface area contributed by atoms with Crippen LogP contribution in [-0.2, 0) is 5.75 Å². The van der Waals surface area contributed by atoms with Gasteiger partial charge in [0.25, 0.3) is 0 Å². The van der Waals surface area contributed by atoms with E-state index in [1.54, 1.807) is 35.0 Å². The second-order valence-corrected chi connectivity index (χ2v) is 6.64. The third-order valence-corrected chi connectivity index (χ3v) is 4.97. The fourth-order valence-electron chi connectivity index (χ4n) is 2.66. The smallest absolute Gasteiger partial charge is 0.212 e. The third-order valence-electron chi connectivity index (χ3n) is 3.97. The van der Waals surface area contributed by atoms with Gasteiger partial charge < -0.3 is 5.11 Å². The lowest BCUT2D eigenvalue weighted by Crippen LogP contribution is -1.94. The normalized spacial score (nSPS) is 11.4. The molecule has 4 aromatic rings. The van der Waals surface area contributed by atoms with Crippen molar-refractivity contribution in [2.24, 2.45) is 5.10 Å². The molecule has 1 N–H and O–H groups in total. The molecule has 128 valence electrons. The lowest BCUT2D eigenvalue weighted by atomic mass is 10.0. The van der Waals surface area contributed by atoms with Crippen molar-refractivity contribution >= 4 is 28.7 Å².